The fourth-order valence-corrected chi connectivity index (χ4v) is 1.49. The average Bonchev–Trinajstić information content (AvgIpc) is 2.64. The first-order chi connectivity index (χ1) is 7.74. The Hall–Kier alpha value is -2.30. The van der Waals surface area contributed by atoms with Crippen LogP contribution in [0.2, 0.25) is 0 Å². The van der Waals surface area contributed by atoms with Crippen molar-refractivity contribution in [3.8, 4) is 0 Å². The van der Waals surface area contributed by atoms with E-state index in [1.807, 2.05) is 6.07 Å². The number of carboxylic acids is 1. The quantitative estimate of drug-likeness (QED) is 0.764. The second-order valence-corrected chi connectivity index (χ2v) is 3.21. The van der Waals surface area contributed by atoms with Crippen molar-refractivity contribution in [2.75, 3.05) is 11.9 Å². The molecule has 82 valence electrons. The van der Waals surface area contributed by atoms with E-state index in [0.29, 0.717) is 18.0 Å². The molecule has 0 aliphatic heterocycles. The van der Waals surface area contributed by atoms with Gasteiger partial charge in [-0.15, -0.1) is 6.58 Å². The van der Waals surface area contributed by atoms with E-state index in [2.05, 4.69) is 16.9 Å². The Bertz CT molecular complexity index is 545. The van der Waals surface area contributed by atoms with Crippen molar-refractivity contribution in [1.29, 1.82) is 0 Å². The molecule has 2 heterocycles. The van der Waals surface area contributed by atoms with Crippen LogP contribution < -0.4 is 5.32 Å². The molecule has 0 amide bonds. The fourth-order valence-electron chi connectivity index (χ4n) is 1.49. The smallest absolute Gasteiger partial charge is 0.356 e. The van der Waals surface area contributed by atoms with Gasteiger partial charge in [-0.2, -0.15) is 0 Å². The number of imidazole rings is 1. The number of pyridine rings is 1. The van der Waals surface area contributed by atoms with Crippen LogP contribution in [0.5, 0.6) is 0 Å². The van der Waals surface area contributed by atoms with Crippen molar-refractivity contribution < 1.29 is 9.90 Å². The maximum Gasteiger partial charge on any atom is 0.356 e. The lowest BCUT2D eigenvalue weighted by Gasteiger charge is -2.00. The first kappa shape index (κ1) is 10.2. The number of nitrogens with zero attached hydrogens (tertiary/aromatic N) is 2. The van der Waals surface area contributed by atoms with Gasteiger partial charge in [0.05, 0.1) is 0 Å². The van der Waals surface area contributed by atoms with Crippen molar-refractivity contribution in [2.24, 2.45) is 0 Å². The van der Waals surface area contributed by atoms with Gasteiger partial charge in [-0.25, -0.2) is 9.78 Å². The summed E-state index contributed by atoms with van der Waals surface area (Å²) >= 11 is 0. The van der Waals surface area contributed by atoms with E-state index in [1.165, 1.54) is 4.40 Å². The summed E-state index contributed by atoms with van der Waals surface area (Å²) in [7, 11) is 0. The second kappa shape index (κ2) is 4.06. The van der Waals surface area contributed by atoms with Crippen molar-refractivity contribution in [3.63, 3.8) is 0 Å². The molecule has 0 saturated heterocycles. The number of aromatic nitrogens is 2. The molecule has 0 fully saturated rings. The number of carboxylic acid groups (broad SMARTS) is 1. The van der Waals surface area contributed by atoms with Crippen molar-refractivity contribution in [3.05, 3.63) is 42.7 Å². The minimum atomic E-state index is -1.01. The molecule has 0 unspecified atom stereocenters. The van der Waals surface area contributed by atoms with Gasteiger partial charge in [0.25, 0.3) is 0 Å². The third-order valence-electron chi connectivity index (χ3n) is 2.15. The van der Waals surface area contributed by atoms with Crippen LogP contribution in [0.1, 0.15) is 10.5 Å². The van der Waals surface area contributed by atoms with Gasteiger partial charge in [-0.05, 0) is 12.1 Å². The lowest BCUT2D eigenvalue weighted by molar-refractivity contribution is 0.0690. The summed E-state index contributed by atoms with van der Waals surface area (Å²) < 4.78 is 1.54. The number of carbonyl (C=O) groups is 1. The Morgan fingerprint density at radius 2 is 2.44 bits per heavy atom. The topological polar surface area (TPSA) is 66.6 Å². The Labute approximate surface area is 92.0 Å². The second-order valence-electron chi connectivity index (χ2n) is 3.21. The monoisotopic (exact) mass is 217 g/mol. The summed E-state index contributed by atoms with van der Waals surface area (Å²) in [5.74, 6) is -0.649. The number of aromatic carboxylic acids is 1. The molecule has 0 radical (unpaired) electrons. The number of rotatable bonds is 4. The first-order valence-corrected chi connectivity index (χ1v) is 4.79. The molecule has 5 heteroatoms. The zero-order chi connectivity index (χ0) is 11.5. The highest BCUT2D eigenvalue weighted by atomic mass is 16.4. The van der Waals surface area contributed by atoms with E-state index in [1.54, 1.807) is 24.4 Å². The van der Waals surface area contributed by atoms with E-state index < -0.39 is 5.97 Å². The molecule has 0 aromatic carbocycles. The van der Waals surface area contributed by atoms with Crippen LogP contribution in [0.3, 0.4) is 0 Å². The lowest BCUT2D eigenvalue weighted by atomic mass is 10.4. The molecule has 0 spiro atoms. The Kier molecular flexibility index (Phi) is 2.59. The standard InChI is InChI=1S/C11H11N3O2/c1-2-6-12-10-9(11(15)16)14-7-4-3-5-8(14)13-10/h2-5,7,12H,1,6H2,(H,15,16). The maximum atomic E-state index is 11.1. The van der Waals surface area contributed by atoms with Crippen LogP contribution >= 0.6 is 0 Å². The molecular formula is C11H11N3O2. The highest BCUT2D eigenvalue weighted by Crippen LogP contribution is 2.17. The molecule has 5 nitrogen and oxygen atoms in total. The molecule has 2 aromatic heterocycles. The Morgan fingerprint density at radius 3 is 3.12 bits per heavy atom. The SMILES string of the molecule is C=CCNc1nc2ccccn2c1C(=O)O. The Balaban J connectivity index is 2.58. The maximum absolute atomic E-state index is 11.1. The van der Waals surface area contributed by atoms with Crippen LogP contribution in [-0.2, 0) is 0 Å². The van der Waals surface area contributed by atoms with E-state index >= 15 is 0 Å². The van der Waals surface area contributed by atoms with Gasteiger partial charge < -0.3 is 10.4 Å². The van der Waals surface area contributed by atoms with Gasteiger partial charge in [-0.1, -0.05) is 12.1 Å². The molecule has 16 heavy (non-hydrogen) atoms. The minimum Gasteiger partial charge on any atom is -0.476 e. The summed E-state index contributed by atoms with van der Waals surface area (Å²) in [4.78, 5) is 15.3. The zero-order valence-electron chi connectivity index (χ0n) is 8.55. The van der Waals surface area contributed by atoms with Crippen LogP contribution in [-0.4, -0.2) is 27.0 Å². The van der Waals surface area contributed by atoms with Gasteiger partial charge in [0.2, 0.25) is 0 Å². The minimum absolute atomic E-state index is 0.137. The molecule has 2 aromatic rings. The van der Waals surface area contributed by atoms with Crippen molar-refractivity contribution in [1.82, 2.24) is 9.38 Å². The fraction of sp³-hybridized carbons (Fsp3) is 0.0909. The number of hydrogen-bond acceptors (Lipinski definition) is 3. The molecule has 2 rings (SSSR count). The zero-order valence-corrected chi connectivity index (χ0v) is 8.55. The highest BCUT2D eigenvalue weighted by Gasteiger charge is 2.17. The third kappa shape index (κ3) is 1.63. The van der Waals surface area contributed by atoms with E-state index in [9.17, 15) is 4.79 Å². The first-order valence-electron chi connectivity index (χ1n) is 4.79. The van der Waals surface area contributed by atoms with Crippen LogP contribution in [0.4, 0.5) is 5.82 Å². The summed E-state index contributed by atoms with van der Waals surface area (Å²) in [6.07, 6.45) is 3.32. The number of fused-ring (bicyclic) bond motifs is 1. The lowest BCUT2D eigenvalue weighted by Crippen LogP contribution is -2.07. The Morgan fingerprint density at radius 1 is 1.62 bits per heavy atom. The van der Waals surface area contributed by atoms with Crippen LogP contribution in [0, 0.1) is 0 Å². The van der Waals surface area contributed by atoms with Gasteiger partial charge in [-0.3, -0.25) is 4.40 Å². The van der Waals surface area contributed by atoms with Gasteiger partial charge in [0.1, 0.15) is 5.65 Å². The molecule has 0 aliphatic carbocycles. The highest BCUT2D eigenvalue weighted by molar-refractivity contribution is 5.92. The van der Waals surface area contributed by atoms with Crippen molar-refractivity contribution in [2.45, 2.75) is 0 Å². The normalized spacial score (nSPS) is 10.2. The molecule has 2 N–H and O–H groups in total. The number of anilines is 1. The number of nitrogens with one attached hydrogen (secondary N) is 1. The summed E-state index contributed by atoms with van der Waals surface area (Å²) in [5, 5.41) is 12.0. The molecule has 0 aliphatic rings. The molecule has 0 saturated carbocycles. The van der Waals surface area contributed by atoms with Crippen LogP contribution in [0.15, 0.2) is 37.1 Å². The summed E-state index contributed by atoms with van der Waals surface area (Å²) in [6.45, 7) is 4.04. The van der Waals surface area contributed by atoms with Gasteiger partial charge in [0.15, 0.2) is 11.5 Å². The molecular weight excluding hydrogens is 206 g/mol. The van der Waals surface area contributed by atoms with Crippen molar-refractivity contribution >= 4 is 17.4 Å². The molecule has 0 atom stereocenters. The predicted octanol–water partition coefficient (Wildman–Crippen LogP) is 1.63. The summed E-state index contributed by atoms with van der Waals surface area (Å²) in [5.41, 5.74) is 0.740. The molecule has 0 bridgehead atoms. The van der Waals surface area contributed by atoms with Gasteiger partial charge in [0, 0.05) is 12.7 Å². The van der Waals surface area contributed by atoms with Crippen LogP contribution in [0.25, 0.3) is 5.65 Å². The van der Waals surface area contributed by atoms with E-state index in [0.717, 1.165) is 0 Å². The largest absolute Gasteiger partial charge is 0.476 e. The summed E-state index contributed by atoms with van der Waals surface area (Å²) in [6, 6.07) is 5.33. The van der Waals surface area contributed by atoms with Gasteiger partial charge >= 0.3 is 5.97 Å². The average molecular weight is 217 g/mol. The van der Waals surface area contributed by atoms with E-state index in [-0.39, 0.29) is 5.69 Å². The predicted molar refractivity (Wildman–Crippen MR) is 60.8 cm³/mol. The van der Waals surface area contributed by atoms with E-state index in [4.69, 9.17) is 5.11 Å². The number of hydrogen-bond donors (Lipinski definition) is 2. The third-order valence-corrected chi connectivity index (χ3v) is 2.15.